The summed E-state index contributed by atoms with van der Waals surface area (Å²) >= 11 is 0. The predicted octanol–water partition coefficient (Wildman–Crippen LogP) is 3.46. The number of rotatable bonds is 6. The lowest BCUT2D eigenvalue weighted by molar-refractivity contribution is -0.385. The van der Waals surface area contributed by atoms with Gasteiger partial charge in [-0.05, 0) is 36.6 Å². The van der Waals surface area contributed by atoms with E-state index in [2.05, 4.69) is 10.6 Å². The predicted molar refractivity (Wildman–Crippen MR) is 94.4 cm³/mol. The summed E-state index contributed by atoms with van der Waals surface area (Å²) in [6, 6.07) is 10.6. The van der Waals surface area contributed by atoms with Crippen LogP contribution < -0.4 is 10.6 Å². The second-order valence-electron chi connectivity index (χ2n) is 5.97. The first-order valence-corrected chi connectivity index (χ1v) is 8.22. The van der Waals surface area contributed by atoms with Crippen molar-refractivity contribution in [3.63, 3.8) is 0 Å². The molecule has 1 amide bonds. The first kappa shape index (κ1) is 17.8. The highest BCUT2D eigenvalue weighted by Crippen LogP contribution is 2.22. The summed E-state index contributed by atoms with van der Waals surface area (Å²) in [7, 11) is 0. The van der Waals surface area contributed by atoms with E-state index in [0.29, 0.717) is 25.3 Å². The summed E-state index contributed by atoms with van der Waals surface area (Å²) < 4.78 is 19.2. The van der Waals surface area contributed by atoms with Gasteiger partial charge in [-0.2, -0.15) is 0 Å². The molecule has 0 unspecified atom stereocenters. The Morgan fingerprint density at radius 1 is 1.31 bits per heavy atom. The average Bonchev–Trinajstić information content (AvgIpc) is 3.15. The molecule has 0 bridgehead atoms. The Morgan fingerprint density at radius 2 is 2.15 bits per heavy atom. The van der Waals surface area contributed by atoms with E-state index in [4.69, 9.17) is 4.74 Å². The molecular formula is C18H18FN3O4. The molecular weight excluding hydrogens is 341 g/mol. The van der Waals surface area contributed by atoms with Gasteiger partial charge in [-0.1, -0.05) is 12.1 Å². The average molecular weight is 359 g/mol. The summed E-state index contributed by atoms with van der Waals surface area (Å²) in [5, 5.41) is 16.3. The molecule has 7 nitrogen and oxygen atoms in total. The Morgan fingerprint density at radius 3 is 2.85 bits per heavy atom. The number of non-ortho nitro benzene ring substituents is 1. The smallest absolute Gasteiger partial charge is 0.272 e. The lowest BCUT2D eigenvalue weighted by Crippen LogP contribution is -2.26. The molecule has 8 heteroatoms. The molecule has 0 aromatic heterocycles. The van der Waals surface area contributed by atoms with Crippen molar-refractivity contribution >= 4 is 23.0 Å². The van der Waals surface area contributed by atoms with Gasteiger partial charge < -0.3 is 15.4 Å². The van der Waals surface area contributed by atoms with Crippen LogP contribution in [0.25, 0.3) is 0 Å². The molecule has 0 aliphatic carbocycles. The maximum Gasteiger partial charge on any atom is 0.272 e. The van der Waals surface area contributed by atoms with Crippen molar-refractivity contribution in [2.75, 3.05) is 17.2 Å². The Bertz CT molecular complexity index is 822. The minimum atomic E-state index is -0.693. The van der Waals surface area contributed by atoms with Crippen molar-refractivity contribution in [1.82, 2.24) is 0 Å². The van der Waals surface area contributed by atoms with Gasteiger partial charge in [0.25, 0.3) is 11.6 Å². The zero-order chi connectivity index (χ0) is 18.5. The second-order valence-corrected chi connectivity index (χ2v) is 5.97. The fourth-order valence-corrected chi connectivity index (χ4v) is 2.72. The van der Waals surface area contributed by atoms with Crippen molar-refractivity contribution in [1.29, 1.82) is 0 Å². The Kier molecular flexibility index (Phi) is 5.43. The van der Waals surface area contributed by atoms with Crippen molar-refractivity contribution in [3.8, 4) is 0 Å². The van der Waals surface area contributed by atoms with Crippen LogP contribution in [0.3, 0.4) is 0 Å². The Balaban J connectivity index is 1.62. The van der Waals surface area contributed by atoms with Crippen LogP contribution in [0.5, 0.6) is 0 Å². The van der Waals surface area contributed by atoms with Gasteiger partial charge in [0.05, 0.1) is 16.7 Å². The highest BCUT2D eigenvalue weighted by Gasteiger charge is 2.23. The topological polar surface area (TPSA) is 93.5 Å². The van der Waals surface area contributed by atoms with Gasteiger partial charge in [0, 0.05) is 24.9 Å². The van der Waals surface area contributed by atoms with Gasteiger partial charge in [0.15, 0.2) is 5.82 Å². The number of carbonyl (C=O) groups excluding carboxylic acids is 1. The molecule has 1 aliphatic rings. The number of nitro groups is 1. The molecule has 1 aliphatic heterocycles. The molecule has 0 spiro atoms. The number of amides is 1. The third-order valence-electron chi connectivity index (χ3n) is 4.06. The van der Waals surface area contributed by atoms with Gasteiger partial charge >= 0.3 is 0 Å². The van der Waals surface area contributed by atoms with E-state index in [0.717, 1.165) is 18.1 Å². The Labute approximate surface area is 149 Å². The van der Waals surface area contributed by atoms with E-state index < -0.39 is 16.8 Å². The molecule has 0 radical (unpaired) electrons. The monoisotopic (exact) mass is 359 g/mol. The molecule has 1 atom stereocenters. The molecule has 2 aromatic rings. The molecule has 0 saturated carbocycles. The summed E-state index contributed by atoms with van der Waals surface area (Å²) in [5.41, 5.74) is 1.33. The Hall–Kier alpha value is -3.00. The standard InChI is InChI=1S/C18H18FN3O4/c19-15-10-14(22(24)25)6-7-16(15)20-11-12-3-1-4-13(9-12)21-18(23)17-5-2-8-26-17/h1,3-4,6-7,9-10,17,20H,2,5,8,11H2,(H,21,23)/t17-/m0/s1. The van der Waals surface area contributed by atoms with E-state index in [1.807, 2.05) is 6.07 Å². The van der Waals surface area contributed by atoms with Crippen LogP contribution in [-0.2, 0) is 16.1 Å². The number of halogens is 1. The number of hydrogen-bond acceptors (Lipinski definition) is 5. The van der Waals surface area contributed by atoms with Crippen LogP contribution in [0.4, 0.5) is 21.5 Å². The van der Waals surface area contributed by atoms with Crippen LogP contribution in [0, 0.1) is 15.9 Å². The summed E-state index contributed by atoms with van der Waals surface area (Å²) in [6.45, 7) is 0.904. The van der Waals surface area contributed by atoms with Crippen molar-refractivity contribution in [2.45, 2.75) is 25.5 Å². The van der Waals surface area contributed by atoms with Crippen LogP contribution in [0.2, 0.25) is 0 Å². The van der Waals surface area contributed by atoms with Crippen LogP contribution >= 0.6 is 0 Å². The number of hydrogen-bond donors (Lipinski definition) is 2. The summed E-state index contributed by atoms with van der Waals surface area (Å²) in [6.07, 6.45) is 1.18. The third-order valence-corrected chi connectivity index (χ3v) is 4.06. The quantitative estimate of drug-likeness (QED) is 0.608. The molecule has 26 heavy (non-hydrogen) atoms. The molecule has 1 fully saturated rings. The number of nitrogens with one attached hydrogen (secondary N) is 2. The largest absolute Gasteiger partial charge is 0.379 e. The highest BCUT2D eigenvalue weighted by atomic mass is 19.1. The van der Waals surface area contributed by atoms with Crippen molar-refractivity contribution < 1.29 is 18.8 Å². The minimum absolute atomic E-state index is 0.171. The van der Waals surface area contributed by atoms with Crippen LogP contribution in [0.1, 0.15) is 18.4 Å². The second kappa shape index (κ2) is 7.92. The zero-order valence-corrected chi connectivity index (χ0v) is 13.9. The molecule has 1 heterocycles. The van der Waals surface area contributed by atoms with E-state index in [1.54, 1.807) is 18.2 Å². The fraction of sp³-hybridized carbons (Fsp3) is 0.278. The number of ether oxygens (including phenoxy) is 1. The molecule has 1 saturated heterocycles. The van der Waals surface area contributed by atoms with Gasteiger partial charge in [0.2, 0.25) is 0 Å². The van der Waals surface area contributed by atoms with Crippen molar-refractivity contribution in [3.05, 3.63) is 64.0 Å². The maximum atomic E-state index is 13.9. The van der Waals surface area contributed by atoms with E-state index in [1.165, 1.54) is 12.1 Å². The maximum absolute atomic E-state index is 13.9. The van der Waals surface area contributed by atoms with E-state index in [-0.39, 0.29) is 17.3 Å². The third kappa shape index (κ3) is 4.34. The van der Waals surface area contributed by atoms with Gasteiger partial charge in [0.1, 0.15) is 6.10 Å². The van der Waals surface area contributed by atoms with Gasteiger partial charge in [-0.3, -0.25) is 14.9 Å². The van der Waals surface area contributed by atoms with Crippen LogP contribution in [0.15, 0.2) is 42.5 Å². The highest BCUT2D eigenvalue weighted by molar-refractivity contribution is 5.94. The lowest BCUT2D eigenvalue weighted by atomic mass is 10.1. The lowest BCUT2D eigenvalue weighted by Gasteiger charge is -2.12. The zero-order valence-electron chi connectivity index (χ0n) is 13.9. The minimum Gasteiger partial charge on any atom is -0.379 e. The summed E-state index contributed by atoms with van der Waals surface area (Å²) in [4.78, 5) is 22.1. The summed E-state index contributed by atoms with van der Waals surface area (Å²) in [5.74, 6) is -0.865. The molecule has 3 rings (SSSR count). The van der Waals surface area contributed by atoms with Gasteiger partial charge in [-0.15, -0.1) is 0 Å². The first-order chi connectivity index (χ1) is 12.5. The van der Waals surface area contributed by atoms with E-state index in [9.17, 15) is 19.3 Å². The molecule has 2 aromatic carbocycles. The van der Waals surface area contributed by atoms with Crippen LogP contribution in [-0.4, -0.2) is 23.5 Å². The fourth-order valence-electron chi connectivity index (χ4n) is 2.72. The van der Waals surface area contributed by atoms with Crippen molar-refractivity contribution in [2.24, 2.45) is 0 Å². The molecule has 2 N–H and O–H groups in total. The number of anilines is 2. The number of nitro benzene ring substituents is 1. The molecule has 136 valence electrons. The normalized spacial score (nSPS) is 16.3. The number of carbonyl (C=O) groups is 1. The first-order valence-electron chi connectivity index (χ1n) is 8.22. The van der Waals surface area contributed by atoms with E-state index >= 15 is 0 Å². The number of nitrogens with zero attached hydrogens (tertiary/aromatic N) is 1. The van der Waals surface area contributed by atoms with Gasteiger partial charge in [-0.25, -0.2) is 4.39 Å². The number of benzene rings is 2. The SMILES string of the molecule is O=C(Nc1cccc(CNc2ccc([N+](=O)[O-])cc2F)c1)[C@@H]1CCCO1.